The average Bonchev–Trinajstić information content (AvgIpc) is 2.75. The first-order valence-corrected chi connectivity index (χ1v) is 5.43. The lowest BCUT2D eigenvalue weighted by molar-refractivity contribution is 0.131. The van der Waals surface area contributed by atoms with E-state index in [4.69, 9.17) is 4.74 Å². The molecule has 1 fully saturated rings. The number of benzene rings is 1. The van der Waals surface area contributed by atoms with Gasteiger partial charge in [0.05, 0.1) is 12.7 Å². The predicted molar refractivity (Wildman–Crippen MR) is 58.4 cm³/mol. The Hall–Kier alpha value is -0.540. The Morgan fingerprint density at radius 2 is 2.21 bits per heavy atom. The van der Waals surface area contributed by atoms with E-state index in [-0.39, 0.29) is 0 Å². The van der Waals surface area contributed by atoms with Gasteiger partial charge in [0.1, 0.15) is 5.75 Å². The Morgan fingerprint density at radius 3 is 2.71 bits per heavy atom. The number of hydrogen-bond acceptors (Lipinski definition) is 2. The number of methoxy groups -OCH3 is 1. The van der Waals surface area contributed by atoms with Gasteiger partial charge in [-0.1, -0.05) is 28.9 Å². The van der Waals surface area contributed by atoms with E-state index in [1.807, 2.05) is 25.1 Å². The van der Waals surface area contributed by atoms with Gasteiger partial charge in [-0.25, -0.2) is 0 Å². The van der Waals surface area contributed by atoms with Gasteiger partial charge in [-0.05, 0) is 24.5 Å². The summed E-state index contributed by atoms with van der Waals surface area (Å²) >= 11 is 3.38. The molecule has 76 valence electrons. The van der Waals surface area contributed by atoms with E-state index in [1.54, 1.807) is 7.11 Å². The van der Waals surface area contributed by atoms with E-state index in [0.29, 0.717) is 5.92 Å². The minimum Gasteiger partial charge on any atom is -0.496 e. The second-order valence-electron chi connectivity index (χ2n) is 3.87. The topological polar surface area (TPSA) is 29.5 Å². The molecule has 0 bridgehead atoms. The van der Waals surface area contributed by atoms with Crippen LogP contribution in [0.5, 0.6) is 5.75 Å². The van der Waals surface area contributed by atoms with E-state index < -0.39 is 5.60 Å². The van der Waals surface area contributed by atoms with Gasteiger partial charge in [0.2, 0.25) is 0 Å². The third-order valence-corrected chi connectivity index (χ3v) is 3.40. The molecule has 2 atom stereocenters. The summed E-state index contributed by atoms with van der Waals surface area (Å²) in [4.78, 5) is 0. The monoisotopic (exact) mass is 256 g/mol. The molecule has 2 rings (SSSR count). The third kappa shape index (κ3) is 1.44. The van der Waals surface area contributed by atoms with E-state index in [9.17, 15) is 5.11 Å². The molecule has 0 radical (unpaired) electrons. The SMILES string of the molecule is COc1cc(Br)ccc1C1(O)CC1C. The summed E-state index contributed by atoms with van der Waals surface area (Å²) in [7, 11) is 1.63. The molecule has 1 saturated carbocycles. The van der Waals surface area contributed by atoms with Gasteiger partial charge < -0.3 is 9.84 Å². The molecule has 1 N–H and O–H groups in total. The van der Waals surface area contributed by atoms with Crippen molar-refractivity contribution in [3.63, 3.8) is 0 Å². The van der Waals surface area contributed by atoms with Gasteiger partial charge in [-0.15, -0.1) is 0 Å². The summed E-state index contributed by atoms with van der Waals surface area (Å²) in [6.07, 6.45) is 0.824. The lowest BCUT2D eigenvalue weighted by Gasteiger charge is -2.14. The van der Waals surface area contributed by atoms with Crippen LogP contribution < -0.4 is 4.74 Å². The summed E-state index contributed by atoms with van der Waals surface area (Å²) in [6, 6.07) is 5.74. The number of aliphatic hydroxyl groups is 1. The van der Waals surface area contributed by atoms with Gasteiger partial charge in [0.25, 0.3) is 0 Å². The van der Waals surface area contributed by atoms with Crippen LogP contribution in [0.15, 0.2) is 22.7 Å². The third-order valence-electron chi connectivity index (χ3n) is 2.90. The van der Waals surface area contributed by atoms with E-state index in [2.05, 4.69) is 15.9 Å². The molecule has 0 spiro atoms. The fourth-order valence-corrected chi connectivity index (χ4v) is 2.15. The van der Waals surface area contributed by atoms with Crippen LogP contribution in [0, 0.1) is 5.92 Å². The average molecular weight is 257 g/mol. The molecule has 2 nitrogen and oxygen atoms in total. The normalized spacial score (nSPS) is 30.1. The predicted octanol–water partition coefficient (Wildman–Crippen LogP) is 2.69. The smallest absolute Gasteiger partial charge is 0.126 e. The summed E-state index contributed by atoms with van der Waals surface area (Å²) in [5.74, 6) is 1.09. The quantitative estimate of drug-likeness (QED) is 0.882. The van der Waals surface area contributed by atoms with Crippen LogP contribution in [0.2, 0.25) is 0 Å². The first kappa shape index (κ1) is 9.99. The van der Waals surface area contributed by atoms with Crippen LogP contribution in [-0.4, -0.2) is 12.2 Å². The fourth-order valence-electron chi connectivity index (χ4n) is 1.81. The van der Waals surface area contributed by atoms with Gasteiger partial charge in [0, 0.05) is 10.0 Å². The van der Waals surface area contributed by atoms with Gasteiger partial charge >= 0.3 is 0 Å². The highest BCUT2D eigenvalue weighted by molar-refractivity contribution is 9.10. The van der Waals surface area contributed by atoms with E-state index in [1.165, 1.54) is 0 Å². The number of ether oxygens (including phenoxy) is 1. The first-order chi connectivity index (χ1) is 6.58. The molecule has 14 heavy (non-hydrogen) atoms. The van der Waals surface area contributed by atoms with Crippen LogP contribution in [0.3, 0.4) is 0 Å². The molecule has 0 heterocycles. The molecular weight excluding hydrogens is 244 g/mol. The summed E-state index contributed by atoms with van der Waals surface area (Å²) in [6.45, 7) is 2.04. The second-order valence-corrected chi connectivity index (χ2v) is 4.79. The number of hydrogen-bond donors (Lipinski definition) is 1. The van der Waals surface area contributed by atoms with Gasteiger partial charge in [-0.2, -0.15) is 0 Å². The Balaban J connectivity index is 2.43. The molecule has 0 saturated heterocycles. The molecule has 1 aromatic carbocycles. The second kappa shape index (κ2) is 3.24. The summed E-state index contributed by atoms with van der Waals surface area (Å²) in [5.41, 5.74) is 0.238. The highest BCUT2D eigenvalue weighted by atomic mass is 79.9. The first-order valence-electron chi connectivity index (χ1n) is 4.64. The Morgan fingerprint density at radius 1 is 1.57 bits per heavy atom. The molecule has 0 aliphatic heterocycles. The maximum absolute atomic E-state index is 10.2. The standard InChI is InChI=1S/C11H13BrO2/c1-7-6-11(7,13)9-4-3-8(12)5-10(9)14-2/h3-5,7,13H,6H2,1-2H3. The van der Waals surface area contributed by atoms with Crippen molar-refractivity contribution in [1.29, 1.82) is 0 Å². The van der Waals surface area contributed by atoms with Crippen molar-refractivity contribution in [3.8, 4) is 5.75 Å². The molecule has 1 aromatic rings. The van der Waals surface area contributed by atoms with Crippen LogP contribution in [0.1, 0.15) is 18.9 Å². The van der Waals surface area contributed by atoms with Crippen LogP contribution in [0.25, 0.3) is 0 Å². The van der Waals surface area contributed by atoms with E-state index >= 15 is 0 Å². The number of rotatable bonds is 2. The molecule has 2 unspecified atom stereocenters. The van der Waals surface area contributed by atoms with Crippen molar-refractivity contribution < 1.29 is 9.84 Å². The zero-order chi connectivity index (χ0) is 10.3. The van der Waals surface area contributed by atoms with Crippen molar-refractivity contribution in [2.24, 2.45) is 5.92 Å². The van der Waals surface area contributed by atoms with Crippen molar-refractivity contribution in [1.82, 2.24) is 0 Å². The van der Waals surface area contributed by atoms with Crippen LogP contribution in [0.4, 0.5) is 0 Å². The molecule has 1 aliphatic carbocycles. The Labute approximate surface area is 92.0 Å². The Bertz CT molecular complexity index is 364. The molecule has 0 amide bonds. The van der Waals surface area contributed by atoms with Crippen molar-refractivity contribution in [2.75, 3.05) is 7.11 Å². The highest BCUT2D eigenvalue weighted by Crippen LogP contribution is 2.54. The molecule has 3 heteroatoms. The van der Waals surface area contributed by atoms with Crippen molar-refractivity contribution >= 4 is 15.9 Å². The minimum atomic E-state index is -0.661. The van der Waals surface area contributed by atoms with Gasteiger partial charge in [-0.3, -0.25) is 0 Å². The maximum atomic E-state index is 10.2. The summed E-state index contributed by atoms with van der Waals surface area (Å²) < 4.78 is 6.22. The fraction of sp³-hybridized carbons (Fsp3) is 0.455. The highest BCUT2D eigenvalue weighted by Gasteiger charge is 2.52. The van der Waals surface area contributed by atoms with Crippen LogP contribution in [-0.2, 0) is 5.60 Å². The maximum Gasteiger partial charge on any atom is 0.126 e. The Kier molecular flexibility index (Phi) is 2.32. The summed E-state index contributed by atoms with van der Waals surface area (Å²) in [5, 5.41) is 10.2. The van der Waals surface area contributed by atoms with Crippen molar-refractivity contribution in [2.45, 2.75) is 18.9 Å². The lowest BCUT2D eigenvalue weighted by atomic mass is 10.0. The zero-order valence-corrected chi connectivity index (χ0v) is 9.84. The van der Waals surface area contributed by atoms with Gasteiger partial charge in [0.15, 0.2) is 0 Å². The molecular formula is C11H13BrO2. The van der Waals surface area contributed by atoms with Crippen molar-refractivity contribution in [3.05, 3.63) is 28.2 Å². The minimum absolute atomic E-state index is 0.331. The largest absolute Gasteiger partial charge is 0.496 e. The molecule has 0 aromatic heterocycles. The zero-order valence-electron chi connectivity index (χ0n) is 8.25. The molecule has 1 aliphatic rings. The number of halogens is 1. The van der Waals surface area contributed by atoms with Crippen LogP contribution >= 0.6 is 15.9 Å². The van der Waals surface area contributed by atoms with E-state index in [0.717, 1.165) is 22.2 Å². The lowest BCUT2D eigenvalue weighted by Crippen LogP contribution is -2.09.